The van der Waals surface area contributed by atoms with Gasteiger partial charge in [0.2, 0.25) is 11.9 Å². The number of hydrogen-bond donors (Lipinski definition) is 3. The molecule has 0 radical (unpaired) electrons. The monoisotopic (exact) mass is 457 g/mol. The summed E-state index contributed by atoms with van der Waals surface area (Å²) >= 11 is 0. The van der Waals surface area contributed by atoms with Crippen molar-refractivity contribution in [1.82, 2.24) is 9.97 Å². The van der Waals surface area contributed by atoms with E-state index in [1.165, 1.54) is 12.1 Å². The van der Waals surface area contributed by atoms with Gasteiger partial charge in [0.15, 0.2) is 0 Å². The molecule has 1 aliphatic rings. The molecule has 1 amide bonds. The standard InChI is InChI=1S/C24H19N5O3S/c30-22-14-16-15-25-24(28-23(16)20-8-4-5-9-21(20)27-22)26-17-10-12-19(13-11-17)33(31,32)29-18-6-2-1-3-7-18/h1-13,15,29H,14H2,(H,27,30)(H,25,26,28). The Hall–Kier alpha value is -4.24. The predicted molar refractivity (Wildman–Crippen MR) is 127 cm³/mol. The van der Waals surface area contributed by atoms with E-state index in [1.807, 2.05) is 30.3 Å². The van der Waals surface area contributed by atoms with Crippen LogP contribution in [-0.2, 0) is 21.2 Å². The average Bonchev–Trinajstić information content (AvgIpc) is 2.95. The highest BCUT2D eigenvalue weighted by Gasteiger charge is 2.21. The van der Waals surface area contributed by atoms with Crippen molar-refractivity contribution in [2.75, 3.05) is 15.4 Å². The third-order valence-corrected chi connectivity index (χ3v) is 6.52. The minimum atomic E-state index is -3.71. The van der Waals surface area contributed by atoms with Crippen LogP contribution in [0.1, 0.15) is 5.56 Å². The molecule has 164 valence electrons. The van der Waals surface area contributed by atoms with E-state index in [9.17, 15) is 13.2 Å². The molecule has 2 heterocycles. The molecule has 0 saturated heterocycles. The molecular weight excluding hydrogens is 438 g/mol. The molecule has 0 unspecified atom stereocenters. The largest absolute Gasteiger partial charge is 0.325 e. The van der Waals surface area contributed by atoms with E-state index in [-0.39, 0.29) is 17.2 Å². The van der Waals surface area contributed by atoms with Gasteiger partial charge in [0.1, 0.15) is 0 Å². The SMILES string of the molecule is O=C1Cc2cnc(Nc3ccc(S(=O)(=O)Nc4ccccc4)cc3)nc2-c2ccccc2N1. The molecule has 1 aromatic heterocycles. The van der Waals surface area contributed by atoms with Gasteiger partial charge in [-0.05, 0) is 42.5 Å². The predicted octanol–water partition coefficient (Wildman–Crippen LogP) is 4.18. The lowest BCUT2D eigenvalue weighted by molar-refractivity contribution is -0.115. The first kappa shape index (κ1) is 20.7. The number of hydrogen-bond acceptors (Lipinski definition) is 6. The van der Waals surface area contributed by atoms with Crippen LogP contribution in [0, 0.1) is 0 Å². The Morgan fingerprint density at radius 1 is 0.848 bits per heavy atom. The van der Waals surface area contributed by atoms with Gasteiger partial charge < -0.3 is 10.6 Å². The van der Waals surface area contributed by atoms with E-state index < -0.39 is 10.0 Å². The summed E-state index contributed by atoms with van der Waals surface area (Å²) in [5.74, 6) is 0.224. The summed E-state index contributed by atoms with van der Waals surface area (Å²) in [5, 5.41) is 5.99. The number of carbonyl (C=O) groups is 1. The van der Waals surface area contributed by atoms with Crippen molar-refractivity contribution < 1.29 is 13.2 Å². The van der Waals surface area contributed by atoms with Gasteiger partial charge in [-0.2, -0.15) is 0 Å². The van der Waals surface area contributed by atoms with E-state index in [4.69, 9.17) is 0 Å². The highest BCUT2D eigenvalue weighted by atomic mass is 32.2. The van der Waals surface area contributed by atoms with Gasteiger partial charge in [-0.25, -0.2) is 18.4 Å². The number of sulfonamides is 1. The van der Waals surface area contributed by atoms with Crippen molar-refractivity contribution in [1.29, 1.82) is 0 Å². The van der Waals surface area contributed by atoms with Crippen molar-refractivity contribution in [2.24, 2.45) is 0 Å². The lowest BCUT2D eigenvalue weighted by Gasteiger charge is -2.11. The Labute approximate surface area is 190 Å². The van der Waals surface area contributed by atoms with Gasteiger partial charge in [-0.3, -0.25) is 9.52 Å². The highest BCUT2D eigenvalue weighted by molar-refractivity contribution is 7.92. The Bertz CT molecular complexity index is 1440. The normalized spacial score (nSPS) is 12.7. The zero-order valence-corrected chi connectivity index (χ0v) is 18.1. The maximum absolute atomic E-state index is 12.6. The van der Waals surface area contributed by atoms with Crippen molar-refractivity contribution in [3.05, 3.63) is 90.6 Å². The molecule has 9 heteroatoms. The van der Waals surface area contributed by atoms with E-state index in [0.29, 0.717) is 28.7 Å². The maximum Gasteiger partial charge on any atom is 0.261 e. The van der Waals surface area contributed by atoms with Crippen LogP contribution in [0.2, 0.25) is 0 Å². The second-order valence-electron chi connectivity index (χ2n) is 7.46. The van der Waals surface area contributed by atoms with Gasteiger partial charge >= 0.3 is 0 Å². The highest BCUT2D eigenvalue weighted by Crippen LogP contribution is 2.33. The van der Waals surface area contributed by atoms with Gasteiger partial charge in [0, 0.05) is 28.7 Å². The number of carbonyl (C=O) groups excluding carboxylic acids is 1. The molecule has 8 nitrogen and oxygen atoms in total. The molecule has 1 aliphatic heterocycles. The van der Waals surface area contributed by atoms with E-state index in [2.05, 4.69) is 25.3 Å². The molecular formula is C24H19N5O3S. The van der Waals surface area contributed by atoms with Crippen LogP contribution in [0.15, 0.2) is 90.0 Å². The first-order valence-electron chi connectivity index (χ1n) is 10.2. The van der Waals surface area contributed by atoms with Crippen LogP contribution >= 0.6 is 0 Å². The molecule has 3 aromatic carbocycles. The number of anilines is 4. The number of aromatic nitrogens is 2. The Balaban J connectivity index is 1.39. The average molecular weight is 458 g/mol. The third kappa shape index (κ3) is 4.39. The van der Waals surface area contributed by atoms with Crippen molar-refractivity contribution in [3.63, 3.8) is 0 Å². The number of nitrogens with one attached hydrogen (secondary N) is 3. The molecule has 0 bridgehead atoms. The molecule has 5 rings (SSSR count). The first-order valence-corrected chi connectivity index (χ1v) is 11.7. The topological polar surface area (TPSA) is 113 Å². The van der Waals surface area contributed by atoms with E-state index >= 15 is 0 Å². The van der Waals surface area contributed by atoms with Crippen molar-refractivity contribution >= 4 is 38.9 Å². The van der Waals surface area contributed by atoms with Crippen molar-refractivity contribution in [3.8, 4) is 11.3 Å². The van der Waals surface area contributed by atoms with Crippen LogP contribution < -0.4 is 15.4 Å². The molecule has 33 heavy (non-hydrogen) atoms. The first-order chi connectivity index (χ1) is 16.0. The lowest BCUT2D eigenvalue weighted by Crippen LogP contribution is -2.13. The Morgan fingerprint density at radius 2 is 1.58 bits per heavy atom. The Morgan fingerprint density at radius 3 is 2.36 bits per heavy atom. The summed E-state index contributed by atoms with van der Waals surface area (Å²) in [4.78, 5) is 21.3. The molecule has 0 aliphatic carbocycles. The number of fused-ring (bicyclic) bond motifs is 3. The van der Waals surface area contributed by atoms with Crippen LogP contribution in [0.5, 0.6) is 0 Å². The minimum Gasteiger partial charge on any atom is -0.325 e. The number of para-hydroxylation sites is 2. The summed E-state index contributed by atoms with van der Waals surface area (Å²) in [6, 6.07) is 22.5. The van der Waals surface area contributed by atoms with Crippen LogP contribution in [0.25, 0.3) is 11.3 Å². The Kier molecular flexibility index (Phi) is 5.23. The van der Waals surface area contributed by atoms with Crippen LogP contribution in [-0.4, -0.2) is 24.3 Å². The maximum atomic E-state index is 12.6. The summed E-state index contributed by atoms with van der Waals surface area (Å²) in [6.45, 7) is 0. The molecule has 0 fully saturated rings. The number of nitrogens with zero attached hydrogens (tertiary/aromatic N) is 2. The van der Waals surface area contributed by atoms with Gasteiger partial charge in [-0.15, -0.1) is 0 Å². The van der Waals surface area contributed by atoms with Crippen LogP contribution in [0.4, 0.5) is 23.0 Å². The van der Waals surface area contributed by atoms with E-state index in [0.717, 1.165) is 11.1 Å². The smallest absolute Gasteiger partial charge is 0.261 e. The van der Waals surface area contributed by atoms with Crippen molar-refractivity contribution in [2.45, 2.75) is 11.3 Å². The molecule has 0 spiro atoms. The third-order valence-electron chi connectivity index (χ3n) is 5.12. The number of amides is 1. The zero-order valence-electron chi connectivity index (χ0n) is 17.3. The van der Waals surface area contributed by atoms with Crippen LogP contribution in [0.3, 0.4) is 0 Å². The minimum absolute atomic E-state index is 0.119. The quantitative estimate of drug-likeness (QED) is 0.414. The molecule has 4 aromatic rings. The van der Waals surface area contributed by atoms with Gasteiger partial charge in [0.05, 0.1) is 22.7 Å². The summed E-state index contributed by atoms with van der Waals surface area (Å²) in [5.41, 5.74) is 4.05. The fourth-order valence-corrected chi connectivity index (χ4v) is 4.62. The molecule has 0 atom stereocenters. The van der Waals surface area contributed by atoms with E-state index in [1.54, 1.807) is 42.6 Å². The summed E-state index contributed by atoms with van der Waals surface area (Å²) in [6.07, 6.45) is 1.82. The summed E-state index contributed by atoms with van der Waals surface area (Å²) < 4.78 is 27.8. The molecule has 3 N–H and O–H groups in total. The second kappa shape index (κ2) is 8.36. The van der Waals surface area contributed by atoms with Gasteiger partial charge in [0.25, 0.3) is 10.0 Å². The fourth-order valence-electron chi connectivity index (χ4n) is 3.56. The second-order valence-corrected chi connectivity index (χ2v) is 9.14. The van der Waals surface area contributed by atoms with Gasteiger partial charge in [-0.1, -0.05) is 36.4 Å². The zero-order chi connectivity index (χ0) is 22.8. The number of rotatable bonds is 5. The summed E-state index contributed by atoms with van der Waals surface area (Å²) in [7, 11) is -3.71. The fraction of sp³-hybridized carbons (Fsp3) is 0.0417. The lowest BCUT2D eigenvalue weighted by atomic mass is 10.1. The molecule has 0 saturated carbocycles. The number of benzene rings is 3.